The second kappa shape index (κ2) is 9.95. The van der Waals surface area contributed by atoms with Gasteiger partial charge in [-0.2, -0.15) is 0 Å². The van der Waals surface area contributed by atoms with Crippen LogP contribution < -0.4 is 10.6 Å². The first-order valence-electron chi connectivity index (χ1n) is 8.35. The summed E-state index contributed by atoms with van der Waals surface area (Å²) in [4.78, 5) is 31.2. The highest BCUT2D eigenvalue weighted by atomic mass is 35.5. The Morgan fingerprint density at radius 3 is 2.57 bits per heavy atom. The Hall–Kier alpha value is -2.78. The third-order valence-corrected chi connectivity index (χ3v) is 4.13. The van der Waals surface area contributed by atoms with Gasteiger partial charge in [0.25, 0.3) is 0 Å². The molecule has 2 rings (SSSR count). The smallest absolute Gasteiger partial charge is 0.341 e. The molecule has 1 atom stereocenters. The number of esters is 1. The number of aryl methyl sites for hydroxylation is 1. The molecule has 1 unspecified atom stereocenters. The van der Waals surface area contributed by atoms with Crippen molar-refractivity contribution in [3.05, 3.63) is 52.3 Å². The fourth-order valence-corrected chi connectivity index (χ4v) is 2.71. The summed E-state index contributed by atoms with van der Waals surface area (Å²) in [6.07, 6.45) is 1.16. The molecular weight excluding hydrogens is 404 g/mol. The van der Waals surface area contributed by atoms with Crippen molar-refractivity contribution < 1.29 is 19.4 Å². The fourth-order valence-electron chi connectivity index (χ4n) is 2.35. The molecule has 8 nitrogen and oxygen atoms in total. The van der Waals surface area contributed by atoms with E-state index in [2.05, 4.69) is 20.6 Å². The molecule has 1 aromatic heterocycles. The SMILES string of the molecule is CCOC(=O)c1cnc(NC(=S)NC(CC(=O)O)c2ccc(Cl)cc2)nc1C. The molecule has 0 fully saturated rings. The number of nitrogens with one attached hydrogen (secondary N) is 2. The van der Waals surface area contributed by atoms with E-state index in [1.54, 1.807) is 38.1 Å². The van der Waals surface area contributed by atoms with Crippen LogP contribution in [-0.2, 0) is 9.53 Å². The van der Waals surface area contributed by atoms with Gasteiger partial charge in [-0.25, -0.2) is 14.8 Å². The van der Waals surface area contributed by atoms with Gasteiger partial charge in [0.1, 0.15) is 0 Å². The lowest BCUT2D eigenvalue weighted by molar-refractivity contribution is -0.137. The van der Waals surface area contributed by atoms with E-state index in [1.165, 1.54) is 6.20 Å². The number of carbonyl (C=O) groups excluding carboxylic acids is 1. The maximum atomic E-state index is 11.8. The lowest BCUT2D eigenvalue weighted by atomic mass is 10.0. The average Bonchev–Trinajstić information content (AvgIpc) is 2.61. The Labute approximate surface area is 172 Å². The lowest BCUT2D eigenvalue weighted by Gasteiger charge is -2.19. The number of ether oxygens (including phenoxy) is 1. The Bertz CT molecular complexity index is 876. The minimum atomic E-state index is -0.985. The van der Waals surface area contributed by atoms with Gasteiger partial charge < -0.3 is 20.5 Å². The monoisotopic (exact) mass is 422 g/mol. The quantitative estimate of drug-likeness (QED) is 0.457. The Balaban J connectivity index is 2.09. The first kappa shape index (κ1) is 21.5. The van der Waals surface area contributed by atoms with Crippen molar-refractivity contribution in [1.82, 2.24) is 15.3 Å². The maximum absolute atomic E-state index is 11.8. The number of halogens is 1. The predicted molar refractivity (Wildman–Crippen MR) is 109 cm³/mol. The van der Waals surface area contributed by atoms with Crippen LogP contribution in [0.5, 0.6) is 0 Å². The van der Waals surface area contributed by atoms with E-state index in [-0.39, 0.29) is 29.7 Å². The second-order valence-corrected chi connectivity index (χ2v) is 6.56. The van der Waals surface area contributed by atoms with E-state index in [9.17, 15) is 9.59 Å². The number of carboxylic acid groups (broad SMARTS) is 1. The Morgan fingerprint density at radius 1 is 1.32 bits per heavy atom. The van der Waals surface area contributed by atoms with Crippen molar-refractivity contribution in [3.63, 3.8) is 0 Å². The van der Waals surface area contributed by atoms with E-state index < -0.39 is 18.0 Å². The van der Waals surface area contributed by atoms with E-state index in [4.69, 9.17) is 33.7 Å². The summed E-state index contributed by atoms with van der Waals surface area (Å²) in [6, 6.07) is 6.21. The standard InChI is InChI=1S/C18H19ClN4O4S/c1-3-27-16(26)13-9-20-17(21-10(13)2)23-18(28)22-14(8-15(24)25)11-4-6-12(19)7-5-11/h4-7,9,14H,3,8H2,1-2H3,(H,24,25)(H2,20,21,22,23,28). The highest BCUT2D eigenvalue weighted by Gasteiger charge is 2.18. The Kier molecular flexibility index (Phi) is 7.65. The van der Waals surface area contributed by atoms with Crippen molar-refractivity contribution in [2.24, 2.45) is 0 Å². The topological polar surface area (TPSA) is 113 Å². The van der Waals surface area contributed by atoms with Gasteiger partial charge in [0.15, 0.2) is 5.11 Å². The van der Waals surface area contributed by atoms with Crippen molar-refractivity contribution in [2.75, 3.05) is 11.9 Å². The summed E-state index contributed by atoms with van der Waals surface area (Å²) < 4.78 is 4.93. The van der Waals surface area contributed by atoms with Gasteiger partial charge in [-0.3, -0.25) is 4.79 Å². The molecule has 28 heavy (non-hydrogen) atoms. The highest BCUT2D eigenvalue weighted by Crippen LogP contribution is 2.20. The van der Waals surface area contributed by atoms with Crippen LogP contribution in [0.25, 0.3) is 0 Å². The van der Waals surface area contributed by atoms with Gasteiger partial charge in [-0.05, 0) is 43.8 Å². The Morgan fingerprint density at radius 2 is 2.00 bits per heavy atom. The van der Waals surface area contributed by atoms with E-state index in [0.717, 1.165) is 0 Å². The van der Waals surface area contributed by atoms with Crippen LogP contribution in [0.4, 0.5) is 5.95 Å². The summed E-state index contributed by atoms with van der Waals surface area (Å²) in [7, 11) is 0. The van der Waals surface area contributed by atoms with Crippen LogP contribution >= 0.6 is 23.8 Å². The number of rotatable bonds is 7. The van der Waals surface area contributed by atoms with Gasteiger partial charge in [-0.1, -0.05) is 23.7 Å². The molecule has 2 aromatic rings. The molecule has 0 aliphatic heterocycles. The number of carboxylic acids is 1. The van der Waals surface area contributed by atoms with Crippen molar-refractivity contribution >= 4 is 46.8 Å². The van der Waals surface area contributed by atoms with E-state index in [0.29, 0.717) is 16.3 Å². The largest absolute Gasteiger partial charge is 0.481 e. The van der Waals surface area contributed by atoms with Crippen LogP contribution in [0.1, 0.15) is 41.0 Å². The first-order valence-corrected chi connectivity index (χ1v) is 9.14. The number of hydrogen-bond donors (Lipinski definition) is 3. The number of hydrogen-bond acceptors (Lipinski definition) is 6. The molecule has 0 radical (unpaired) electrons. The molecule has 148 valence electrons. The molecule has 0 aliphatic rings. The number of nitrogens with zero attached hydrogens (tertiary/aromatic N) is 2. The molecule has 0 amide bonds. The predicted octanol–water partition coefficient (Wildman–Crippen LogP) is 3.12. The van der Waals surface area contributed by atoms with Gasteiger partial charge in [0.05, 0.1) is 30.3 Å². The number of benzene rings is 1. The summed E-state index contributed by atoms with van der Waals surface area (Å²) in [5.41, 5.74) is 1.40. The first-order chi connectivity index (χ1) is 13.3. The minimum Gasteiger partial charge on any atom is -0.481 e. The van der Waals surface area contributed by atoms with Gasteiger partial charge in [0, 0.05) is 11.2 Å². The third-order valence-electron chi connectivity index (χ3n) is 3.66. The molecule has 3 N–H and O–H groups in total. The number of aliphatic carboxylic acids is 1. The van der Waals surface area contributed by atoms with Crippen molar-refractivity contribution in [2.45, 2.75) is 26.3 Å². The number of anilines is 1. The molecule has 0 aliphatic carbocycles. The van der Waals surface area contributed by atoms with Crippen molar-refractivity contribution in [1.29, 1.82) is 0 Å². The molecule has 0 spiro atoms. The summed E-state index contributed by atoms with van der Waals surface area (Å²) in [6.45, 7) is 3.61. The molecule has 1 aromatic carbocycles. The molecule has 0 saturated carbocycles. The zero-order chi connectivity index (χ0) is 20.7. The van der Waals surface area contributed by atoms with Gasteiger partial charge in [0.2, 0.25) is 5.95 Å². The van der Waals surface area contributed by atoms with Crippen LogP contribution in [0, 0.1) is 6.92 Å². The molecule has 10 heteroatoms. The number of aromatic nitrogens is 2. The summed E-state index contributed by atoms with van der Waals surface area (Å²) in [5, 5.41) is 15.6. The summed E-state index contributed by atoms with van der Waals surface area (Å²) in [5.74, 6) is -1.31. The zero-order valence-electron chi connectivity index (χ0n) is 15.2. The van der Waals surface area contributed by atoms with Crippen LogP contribution in [-0.4, -0.2) is 38.7 Å². The molecular formula is C18H19ClN4O4S. The second-order valence-electron chi connectivity index (χ2n) is 5.71. The van der Waals surface area contributed by atoms with Crippen molar-refractivity contribution in [3.8, 4) is 0 Å². The highest BCUT2D eigenvalue weighted by molar-refractivity contribution is 7.80. The number of thiocarbonyl (C=S) groups is 1. The normalized spacial score (nSPS) is 11.4. The third kappa shape index (κ3) is 6.14. The van der Waals surface area contributed by atoms with Crippen LogP contribution in [0.15, 0.2) is 30.5 Å². The summed E-state index contributed by atoms with van der Waals surface area (Å²) >= 11 is 11.1. The molecule has 0 saturated heterocycles. The van der Waals surface area contributed by atoms with Gasteiger partial charge >= 0.3 is 11.9 Å². The fraction of sp³-hybridized carbons (Fsp3) is 0.278. The lowest BCUT2D eigenvalue weighted by Crippen LogP contribution is -2.34. The van der Waals surface area contributed by atoms with E-state index >= 15 is 0 Å². The van der Waals surface area contributed by atoms with Crippen LogP contribution in [0.2, 0.25) is 5.02 Å². The number of carbonyl (C=O) groups is 2. The molecule has 1 heterocycles. The maximum Gasteiger partial charge on any atom is 0.341 e. The zero-order valence-corrected chi connectivity index (χ0v) is 16.8. The van der Waals surface area contributed by atoms with Gasteiger partial charge in [-0.15, -0.1) is 0 Å². The molecule has 0 bridgehead atoms. The van der Waals surface area contributed by atoms with E-state index in [1.807, 2.05) is 0 Å². The average molecular weight is 423 g/mol. The van der Waals surface area contributed by atoms with Crippen LogP contribution in [0.3, 0.4) is 0 Å². The minimum absolute atomic E-state index is 0.143.